The van der Waals surface area contributed by atoms with Crippen LogP contribution >= 0.6 is 11.3 Å². The Bertz CT molecular complexity index is 1050. The molecule has 1 amide bonds. The van der Waals surface area contributed by atoms with Gasteiger partial charge in [0.05, 0.1) is 18.0 Å². The first-order chi connectivity index (χ1) is 15.4. The average Bonchev–Trinajstić information content (AvgIpc) is 3.42. The third-order valence-corrected chi connectivity index (χ3v) is 7.96. The predicted octanol–water partition coefficient (Wildman–Crippen LogP) is 3.26. The van der Waals surface area contributed by atoms with E-state index in [0.29, 0.717) is 44.7 Å². The number of likely N-dealkylation sites (tertiary alicyclic amines) is 2. The Morgan fingerprint density at radius 2 is 1.91 bits per heavy atom. The van der Waals surface area contributed by atoms with Crippen molar-refractivity contribution in [1.82, 2.24) is 19.8 Å². The van der Waals surface area contributed by atoms with E-state index in [9.17, 15) is 14.4 Å². The zero-order chi connectivity index (χ0) is 22.8. The summed E-state index contributed by atoms with van der Waals surface area (Å²) in [6.45, 7) is 9.43. The minimum Gasteiger partial charge on any atom is -0.462 e. The largest absolute Gasteiger partial charge is 0.462 e. The van der Waals surface area contributed by atoms with Gasteiger partial charge < -0.3 is 14.6 Å². The van der Waals surface area contributed by atoms with Crippen molar-refractivity contribution >= 4 is 33.4 Å². The smallest absolute Gasteiger partial charge is 0.348 e. The summed E-state index contributed by atoms with van der Waals surface area (Å²) in [4.78, 5) is 50.5. The number of nitrogens with zero attached hydrogens (tertiary/aromatic N) is 3. The fourth-order valence-electron chi connectivity index (χ4n) is 4.81. The van der Waals surface area contributed by atoms with Crippen molar-refractivity contribution in [2.24, 2.45) is 5.92 Å². The summed E-state index contributed by atoms with van der Waals surface area (Å²) in [6, 6.07) is -0.0456. The van der Waals surface area contributed by atoms with E-state index in [-0.39, 0.29) is 18.2 Å². The maximum Gasteiger partial charge on any atom is 0.348 e. The summed E-state index contributed by atoms with van der Waals surface area (Å²) in [5.74, 6) is 0.933. The normalized spacial score (nSPS) is 18.9. The molecule has 1 N–H and O–H groups in total. The van der Waals surface area contributed by atoms with Gasteiger partial charge >= 0.3 is 5.97 Å². The summed E-state index contributed by atoms with van der Waals surface area (Å²) >= 11 is 1.22. The van der Waals surface area contributed by atoms with Crippen molar-refractivity contribution < 1.29 is 14.3 Å². The van der Waals surface area contributed by atoms with E-state index < -0.39 is 5.97 Å². The van der Waals surface area contributed by atoms with E-state index >= 15 is 0 Å². The van der Waals surface area contributed by atoms with Crippen LogP contribution in [0.3, 0.4) is 0 Å². The number of ether oxygens (including phenoxy) is 1. The number of thiophene rings is 1. The Kier molecular flexibility index (Phi) is 6.95. The Morgan fingerprint density at radius 3 is 2.56 bits per heavy atom. The number of aromatic amines is 1. The molecule has 2 saturated heterocycles. The van der Waals surface area contributed by atoms with Gasteiger partial charge in [0.1, 0.15) is 15.5 Å². The standard InChI is InChI=1S/C23H32N4O4S/c1-4-31-23(30)19-14(2)18-21(29)24-20(25-22(18)32-19)15(3)26-11-7-16(8-12-26)13-17(28)27-9-5-6-10-27/h15-16H,4-13H2,1-3H3,(H,24,25,29). The topological polar surface area (TPSA) is 95.6 Å². The number of aromatic nitrogens is 2. The number of piperidine rings is 1. The van der Waals surface area contributed by atoms with Crippen molar-refractivity contribution in [2.45, 2.75) is 58.9 Å². The number of carbonyl (C=O) groups is 2. The summed E-state index contributed by atoms with van der Waals surface area (Å²) in [6.07, 6.45) is 4.85. The van der Waals surface area contributed by atoms with E-state index in [1.807, 2.05) is 11.8 Å². The third kappa shape index (κ3) is 4.59. The van der Waals surface area contributed by atoms with Gasteiger partial charge in [0.25, 0.3) is 5.56 Å². The van der Waals surface area contributed by atoms with Crippen LogP contribution in [-0.2, 0) is 9.53 Å². The molecule has 0 saturated carbocycles. The number of aryl methyl sites for hydroxylation is 1. The van der Waals surface area contributed by atoms with Crippen molar-refractivity contribution in [1.29, 1.82) is 0 Å². The lowest BCUT2D eigenvalue weighted by Crippen LogP contribution is -2.38. The first-order valence-corrected chi connectivity index (χ1v) is 12.4. The van der Waals surface area contributed by atoms with Gasteiger partial charge in [-0.3, -0.25) is 14.5 Å². The zero-order valence-corrected chi connectivity index (χ0v) is 19.9. The molecule has 2 aromatic rings. The van der Waals surface area contributed by atoms with Crippen molar-refractivity contribution in [3.63, 3.8) is 0 Å². The highest BCUT2D eigenvalue weighted by atomic mass is 32.1. The van der Waals surface area contributed by atoms with Crippen LogP contribution in [-0.4, -0.2) is 64.4 Å². The van der Waals surface area contributed by atoms with Crippen molar-refractivity contribution in [3.8, 4) is 0 Å². The van der Waals surface area contributed by atoms with Gasteiger partial charge in [0.2, 0.25) is 5.91 Å². The molecule has 0 spiro atoms. The van der Waals surface area contributed by atoms with Crippen LogP contribution in [0.15, 0.2) is 4.79 Å². The third-order valence-electron chi connectivity index (χ3n) is 6.79. The van der Waals surface area contributed by atoms with E-state index in [1.165, 1.54) is 11.3 Å². The number of rotatable bonds is 6. The average molecular weight is 461 g/mol. The first-order valence-electron chi connectivity index (χ1n) is 11.6. The Balaban J connectivity index is 1.43. The number of H-pyrrole nitrogens is 1. The molecule has 4 rings (SSSR count). The predicted molar refractivity (Wildman–Crippen MR) is 124 cm³/mol. The van der Waals surface area contributed by atoms with Crippen LogP contribution < -0.4 is 5.56 Å². The Labute approximate surface area is 192 Å². The molecule has 2 aromatic heterocycles. The molecule has 0 bridgehead atoms. The zero-order valence-electron chi connectivity index (χ0n) is 19.1. The van der Waals surface area contributed by atoms with E-state index in [1.54, 1.807) is 13.8 Å². The highest BCUT2D eigenvalue weighted by Crippen LogP contribution is 2.31. The monoisotopic (exact) mass is 460 g/mol. The van der Waals surface area contributed by atoms with Gasteiger partial charge in [0, 0.05) is 19.5 Å². The van der Waals surface area contributed by atoms with Gasteiger partial charge in [-0.05, 0) is 71.0 Å². The lowest BCUT2D eigenvalue weighted by atomic mass is 9.92. The molecule has 8 nitrogen and oxygen atoms in total. The van der Waals surface area contributed by atoms with Crippen molar-refractivity contribution in [3.05, 3.63) is 26.6 Å². The fraction of sp³-hybridized carbons (Fsp3) is 0.652. The summed E-state index contributed by atoms with van der Waals surface area (Å²) < 4.78 is 5.12. The molecule has 2 aliphatic heterocycles. The van der Waals surface area contributed by atoms with E-state index in [2.05, 4.69) is 9.88 Å². The molecule has 1 unspecified atom stereocenters. The summed E-state index contributed by atoms with van der Waals surface area (Å²) in [5.41, 5.74) is 0.409. The molecule has 0 aromatic carbocycles. The molecule has 1 atom stereocenters. The van der Waals surface area contributed by atoms with Gasteiger partial charge in [-0.1, -0.05) is 0 Å². The quantitative estimate of drug-likeness (QED) is 0.665. The van der Waals surface area contributed by atoms with Crippen molar-refractivity contribution in [2.75, 3.05) is 32.8 Å². The lowest BCUT2D eigenvalue weighted by Gasteiger charge is -2.35. The Morgan fingerprint density at radius 1 is 1.22 bits per heavy atom. The van der Waals surface area contributed by atoms with Crippen LogP contribution in [0, 0.1) is 12.8 Å². The van der Waals surface area contributed by atoms with Crippen LogP contribution in [0.25, 0.3) is 10.2 Å². The minimum atomic E-state index is -0.410. The highest BCUT2D eigenvalue weighted by Gasteiger charge is 2.29. The number of esters is 1. The Hall–Kier alpha value is -2.26. The molecule has 2 fully saturated rings. The molecule has 4 heterocycles. The number of nitrogens with one attached hydrogen (secondary N) is 1. The molecule has 0 aliphatic carbocycles. The lowest BCUT2D eigenvalue weighted by molar-refractivity contribution is -0.131. The molecular formula is C23H32N4O4S. The van der Waals surface area contributed by atoms with Gasteiger partial charge in [0.15, 0.2) is 0 Å². The second kappa shape index (κ2) is 9.70. The SMILES string of the molecule is CCOC(=O)c1sc2nc(C(C)N3CCC(CC(=O)N4CCCC4)CC3)[nH]c(=O)c2c1C. The highest BCUT2D eigenvalue weighted by molar-refractivity contribution is 7.20. The number of hydrogen-bond acceptors (Lipinski definition) is 7. The molecule has 9 heteroatoms. The van der Waals surface area contributed by atoms with E-state index in [4.69, 9.17) is 9.72 Å². The summed E-state index contributed by atoms with van der Waals surface area (Å²) in [5, 5.41) is 0.466. The number of fused-ring (bicyclic) bond motifs is 1. The van der Waals surface area contributed by atoms with Gasteiger partial charge in [-0.15, -0.1) is 11.3 Å². The maximum atomic E-state index is 12.8. The second-order valence-corrected chi connectivity index (χ2v) is 9.85. The first kappa shape index (κ1) is 22.9. The maximum absolute atomic E-state index is 12.8. The minimum absolute atomic E-state index is 0.0456. The van der Waals surface area contributed by atoms with Crippen LogP contribution in [0.1, 0.15) is 73.1 Å². The molecule has 0 radical (unpaired) electrons. The summed E-state index contributed by atoms with van der Waals surface area (Å²) in [7, 11) is 0. The molecular weight excluding hydrogens is 428 g/mol. The van der Waals surface area contributed by atoms with E-state index in [0.717, 1.165) is 51.9 Å². The molecule has 174 valence electrons. The second-order valence-electron chi connectivity index (χ2n) is 8.86. The molecule has 2 aliphatic rings. The van der Waals surface area contributed by atoms with Crippen LogP contribution in [0.5, 0.6) is 0 Å². The fourth-order valence-corrected chi connectivity index (χ4v) is 5.89. The number of carbonyl (C=O) groups excluding carboxylic acids is 2. The number of amides is 1. The van der Waals surface area contributed by atoms with Crippen LogP contribution in [0.4, 0.5) is 0 Å². The van der Waals surface area contributed by atoms with Gasteiger partial charge in [-0.25, -0.2) is 9.78 Å². The van der Waals surface area contributed by atoms with Gasteiger partial charge in [-0.2, -0.15) is 0 Å². The molecule has 32 heavy (non-hydrogen) atoms. The number of hydrogen-bond donors (Lipinski definition) is 1. The van der Waals surface area contributed by atoms with Crippen LogP contribution in [0.2, 0.25) is 0 Å².